The molecule has 0 atom stereocenters. The molecule has 0 aliphatic heterocycles. The number of rotatable bonds is 8. The monoisotopic (exact) mass is 485 g/mol. The van der Waals surface area contributed by atoms with E-state index in [1.54, 1.807) is 11.3 Å². The summed E-state index contributed by atoms with van der Waals surface area (Å²) in [5, 5.41) is 3.55. The first-order valence-electron chi connectivity index (χ1n) is 11.9. The topological polar surface area (TPSA) is 47.4 Å². The van der Waals surface area contributed by atoms with Crippen LogP contribution >= 0.6 is 22.9 Å². The Labute approximate surface area is 205 Å². The van der Waals surface area contributed by atoms with Gasteiger partial charge in [0.2, 0.25) is 0 Å². The van der Waals surface area contributed by atoms with Crippen LogP contribution in [0.1, 0.15) is 73.1 Å². The predicted molar refractivity (Wildman–Crippen MR) is 135 cm³/mol. The Hall–Kier alpha value is -2.31. The number of hydrogen-bond donors (Lipinski definition) is 0. The van der Waals surface area contributed by atoms with Crippen LogP contribution in [-0.4, -0.2) is 33.4 Å². The minimum absolute atomic E-state index is 0.103. The molecule has 4 rings (SSSR count). The molecule has 7 heteroatoms. The van der Waals surface area contributed by atoms with Crippen LogP contribution in [0.5, 0.6) is 5.75 Å². The van der Waals surface area contributed by atoms with E-state index in [-0.39, 0.29) is 5.91 Å². The molecule has 2 aromatic heterocycles. The van der Waals surface area contributed by atoms with Crippen molar-refractivity contribution in [3.63, 3.8) is 0 Å². The second-order valence-corrected chi connectivity index (χ2v) is 9.86. The fraction of sp³-hybridized carbons (Fsp3) is 0.462. The molecule has 1 saturated carbocycles. The van der Waals surface area contributed by atoms with Crippen LogP contribution in [0.4, 0.5) is 0 Å². The van der Waals surface area contributed by atoms with Crippen LogP contribution < -0.4 is 4.74 Å². The first-order valence-corrected chi connectivity index (χ1v) is 13.1. The Morgan fingerprint density at radius 3 is 2.64 bits per heavy atom. The molecule has 0 unspecified atom stereocenters. The molecule has 0 saturated heterocycles. The Kier molecular flexibility index (Phi) is 7.76. The van der Waals surface area contributed by atoms with E-state index in [0.717, 1.165) is 40.5 Å². The largest absolute Gasteiger partial charge is 0.485 e. The highest BCUT2D eigenvalue weighted by Gasteiger charge is 2.27. The van der Waals surface area contributed by atoms with Crippen LogP contribution in [-0.2, 0) is 6.61 Å². The molecule has 1 amide bonds. The average Bonchev–Trinajstić information content (AvgIpc) is 3.44. The lowest BCUT2D eigenvalue weighted by Crippen LogP contribution is -2.30. The molecule has 1 aromatic carbocycles. The van der Waals surface area contributed by atoms with Gasteiger partial charge in [-0.05, 0) is 51.8 Å². The summed E-state index contributed by atoms with van der Waals surface area (Å²) in [6, 6.07) is 9.94. The lowest BCUT2D eigenvalue weighted by molar-refractivity contribution is 0.0772. The lowest BCUT2D eigenvalue weighted by Gasteiger charge is -2.27. The normalized spacial score (nSPS) is 14.4. The third-order valence-corrected chi connectivity index (χ3v) is 7.65. The predicted octanol–water partition coefficient (Wildman–Crippen LogP) is 7.14. The van der Waals surface area contributed by atoms with Crippen molar-refractivity contribution in [3.05, 3.63) is 57.0 Å². The fourth-order valence-corrected chi connectivity index (χ4v) is 5.61. The highest BCUT2D eigenvalue weighted by molar-refractivity contribution is 7.09. The summed E-state index contributed by atoms with van der Waals surface area (Å²) in [5.41, 5.74) is 3.79. The second-order valence-electron chi connectivity index (χ2n) is 8.51. The van der Waals surface area contributed by atoms with Gasteiger partial charge in [0.1, 0.15) is 17.4 Å². The first-order chi connectivity index (χ1) is 16.0. The second kappa shape index (κ2) is 10.7. The number of para-hydroxylation sites is 1. The number of thiazole rings is 1. The van der Waals surface area contributed by atoms with Gasteiger partial charge in [-0.15, -0.1) is 11.3 Å². The van der Waals surface area contributed by atoms with Gasteiger partial charge in [-0.25, -0.2) is 4.98 Å². The summed E-state index contributed by atoms with van der Waals surface area (Å²) in [6.45, 7) is 7.92. The molecule has 5 nitrogen and oxygen atoms in total. The van der Waals surface area contributed by atoms with Crippen LogP contribution in [0.3, 0.4) is 0 Å². The Balaban J connectivity index is 1.65. The van der Waals surface area contributed by atoms with Gasteiger partial charge in [0.15, 0.2) is 0 Å². The van der Waals surface area contributed by atoms with Gasteiger partial charge >= 0.3 is 0 Å². The smallest absolute Gasteiger partial charge is 0.255 e. The van der Waals surface area contributed by atoms with Gasteiger partial charge in [0.25, 0.3) is 5.91 Å². The van der Waals surface area contributed by atoms with Crippen LogP contribution in [0.25, 0.3) is 11.4 Å². The summed E-state index contributed by atoms with van der Waals surface area (Å²) in [5.74, 6) is 0.760. The maximum Gasteiger partial charge on any atom is 0.255 e. The molecule has 0 bridgehead atoms. The third kappa shape index (κ3) is 5.12. The molecule has 1 aliphatic rings. The highest BCUT2D eigenvalue weighted by atomic mass is 35.5. The number of halogens is 1. The Morgan fingerprint density at radius 1 is 1.21 bits per heavy atom. The van der Waals surface area contributed by atoms with Crippen LogP contribution in [0, 0.1) is 6.92 Å². The average molecular weight is 486 g/mol. The zero-order valence-corrected chi connectivity index (χ0v) is 21.2. The van der Waals surface area contributed by atoms with Gasteiger partial charge in [0, 0.05) is 30.2 Å². The number of hydrogen-bond acceptors (Lipinski definition) is 4. The molecule has 0 radical (unpaired) electrons. The van der Waals surface area contributed by atoms with Gasteiger partial charge in [-0.1, -0.05) is 43.0 Å². The molecular formula is C26H32ClN3O2S. The molecule has 0 spiro atoms. The highest BCUT2D eigenvalue weighted by Crippen LogP contribution is 2.37. The molecule has 33 heavy (non-hydrogen) atoms. The minimum Gasteiger partial charge on any atom is -0.485 e. The van der Waals surface area contributed by atoms with Crippen molar-refractivity contribution in [2.75, 3.05) is 13.1 Å². The van der Waals surface area contributed by atoms with Crippen molar-refractivity contribution in [1.82, 2.24) is 14.5 Å². The zero-order valence-electron chi connectivity index (χ0n) is 19.6. The lowest BCUT2D eigenvalue weighted by atomic mass is 9.95. The maximum atomic E-state index is 13.3. The molecule has 1 fully saturated rings. The molecule has 1 aliphatic carbocycles. The SMILES string of the molecule is CCN(CC)C(=O)c1cc(-c2csc(COc3ccccc3Cl)n2)n(C2CCCCC2)c1C. The summed E-state index contributed by atoms with van der Waals surface area (Å²) in [7, 11) is 0. The van der Waals surface area contributed by atoms with Crippen LogP contribution in [0.15, 0.2) is 35.7 Å². The van der Waals surface area contributed by atoms with E-state index in [1.807, 2.05) is 43.0 Å². The quantitative estimate of drug-likeness (QED) is 0.340. The van der Waals surface area contributed by atoms with Gasteiger partial charge < -0.3 is 14.2 Å². The zero-order chi connectivity index (χ0) is 23.4. The number of carbonyl (C=O) groups excluding carboxylic acids is 1. The number of amides is 1. The van der Waals surface area contributed by atoms with E-state index in [0.29, 0.717) is 36.5 Å². The summed E-state index contributed by atoms with van der Waals surface area (Å²) in [6.07, 6.45) is 6.05. The van der Waals surface area contributed by atoms with Crippen molar-refractivity contribution in [3.8, 4) is 17.1 Å². The van der Waals surface area contributed by atoms with Crippen molar-refractivity contribution in [2.45, 2.75) is 65.5 Å². The van der Waals surface area contributed by atoms with E-state index >= 15 is 0 Å². The van der Waals surface area contributed by atoms with Crippen molar-refractivity contribution in [1.29, 1.82) is 0 Å². The number of ether oxygens (including phenoxy) is 1. The van der Waals surface area contributed by atoms with Gasteiger partial charge in [0.05, 0.1) is 22.0 Å². The standard InChI is InChI=1S/C26H32ClN3O2S/c1-4-29(5-2)26(31)20-15-23(30(18(20)3)19-11-7-6-8-12-19)22-17-33-25(28-22)16-32-24-14-10-9-13-21(24)27/h9-10,13-15,17,19H,4-8,11-12,16H2,1-3H3. The fourth-order valence-electron chi connectivity index (χ4n) is 4.72. The molecule has 0 N–H and O–H groups in total. The molecular weight excluding hydrogens is 454 g/mol. The molecule has 176 valence electrons. The van der Waals surface area contributed by atoms with Crippen LogP contribution in [0.2, 0.25) is 5.02 Å². The Bertz CT molecular complexity index is 1100. The number of carbonyl (C=O) groups is 1. The van der Waals surface area contributed by atoms with E-state index < -0.39 is 0 Å². The van der Waals surface area contributed by atoms with Gasteiger partial charge in [-0.2, -0.15) is 0 Å². The van der Waals surface area contributed by atoms with Crippen molar-refractivity contribution < 1.29 is 9.53 Å². The first kappa shape index (κ1) is 23.8. The summed E-state index contributed by atoms with van der Waals surface area (Å²) >= 11 is 7.79. The van der Waals surface area contributed by atoms with Crippen molar-refractivity contribution >= 4 is 28.8 Å². The third-order valence-electron chi connectivity index (χ3n) is 6.51. The maximum absolute atomic E-state index is 13.3. The van der Waals surface area contributed by atoms with E-state index in [9.17, 15) is 4.79 Å². The Morgan fingerprint density at radius 2 is 1.94 bits per heavy atom. The van der Waals surface area contributed by atoms with E-state index in [4.69, 9.17) is 21.3 Å². The number of aromatic nitrogens is 2. The molecule has 2 heterocycles. The van der Waals surface area contributed by atoms with Crippen molar-refractivity contribution in [2.24, 2.45) is 0 Å². The summed E-state index contributed by atoms with van der Waals surface area (Å²) < 4.78 is 8.27. The molecule has 3 aromatic rings. The minimum atomic E-state index is 0.103. The number of benzene rings is 1. The number of nitrogens with zero attached hydrogens (tertiary/aromatic N) is 3. The van der Waals surface area contributed by atoms with E-state index in [1.165, 1.54) is 19.3 Å². The van der Waals surface area contributed by atoms with Gasteiger partial charge in [-0.3, -0.25) is 4.79 Å². The summed E-state index contributed by atoms with van der Waals surface area (Å²) in [4.78, 5) is 20.0. The van der Waals surface area contributed by atoms with E-state index in [2.05, 4.69) is 22.9 Å².